The molecule has 2 atom stereocenters. The number of rotatable bonds is 8. The van der Waals surface area contributed by atoms with Crippen LogP contribution in [-0.2, 0) is 4.79 Å². The molecule has 2 aliphatic rings. The molecule has 2 unspecified atom stereocenters. The van der Waals surface area contributed by atoms with Crippen molar-refractivity contribution in [2.24, 2.45) is 5.92 Å². The van der Waals surface area contributed by atoms with Crippen LogP contribution >= 0.6 is 0 Å². The molecule has 2 fully saturated rings. The molecule has 1 amide bonds. The van der Waals surface area contributed by atoms with Gasteiger partial charge >= 0.3 is 0 Å². The average Bonchev–Trinajstić information content (AvgIpc) is 3.03. The second-order valence-electron chi connectivity index (χ2n) is 6.31. The Morgan fingerprint density at radius 2 is 2.16 bits per heavy atom. The normalized spacial score (nSPS) is 24.7. The van der Waals surface area contributed by atoms with Gasteiger partial charge in [-0.05, 0) is 51.5 Å². The molecule has 19 heavy (non-hydrogen) atoms. The summed E-state index contributed by atoms with van der Waals surface area (Å²) in [6, 6.07) is 0.884. The number of nitrogens with one attached hydrogen (secondary N) is 2. The van der Waals surface area contributed by atoms with Crippen molar-refractivity contribution in [2.75, 3.05) is 26.2 Å². The van der Waals surface area contributed by atoms with Crippen molar-refractivity contribution in [3.8, 4) is 0 Å². The maximum absolute atomic E-state index is 12.0. The number of hydrogen-bond acceptors (Lipinski definition) is 3. The van der Waals surface area contributed by atoms with Crippen LogP contribution in [-0.4, -0.2) is 49.1 Å². The predicted octanol–water partition coefficient (Wildman–Crippen LogP) is 1.37. The highest BCUT2D eigenvalue weighted by atomic mass is 16.2. The molecule has 110 valence electrons. The van der Waals surface area contributed by atoms with E-state index in [9.17, 15) is 4.79 Å². The second-order valence-corrected chi connectivity index (χ2v) is 6.31. The van der Waals surface area contributed by atoms with Gasteiger partial charge in [0.05, 0.1) is 6.54 Å². The van der Waals surface area contributed by atoms with Gasteiger partial charge in [0, 0.05) is 25.2 Å². The van der Waals surface area contributed by atoms with Gasteiger partial charge in [-0.1, -0.05) is 6.92 Å². The van der Waals surface area contributed by atoms with Gasteiger partial charge in [0.1, 0.15) is 0 Å². The highest BCUT2D eigenvalue weighted by molar-refractivity contribution is 5.78. The van der Waals surface area contributed by atoms with E-state index in [1.807, 2.05) is 0 Å². The van der Waals surface area contributed by atoms with Gasteiger partial charge in [0.15, 0.2) is 0 Å². The molecule has 2 N–H and O–H groups in total. The maximum atomic E-state index is 12.0. The summed E-state index contributed by atoms with van der Waals surface area (Å²) in [5, 5.41) is 6.61. The molecule has 4 heteroatoms. The number of amides is 1. The van der Waals surface area contributed by atoms with E-state index in [1.165, 1.54) is 25.7 Å². The van der Waals surface area contributed by atoms with E-state index in [0.717, 1.165) is 32.0 Å². The van der Waals surface area contributed by atoms with Crippen LogP contribution in [0.15, 0.2) is 0 Å². The number of carbonyl (C=O) groups is 1. The van der Waals surface area contributed by atoms with Gasteiger partial charge in [-0.25, -0.2) is 0 Å². The van der Waals surface area contributed by atoms with Gasteiger partial charge in [0.2, 0.25) is 5.91 Å². The van der Waals surface area contributed by atoms with Crippen molar-refractivity contribution < 1.29 is 4.79 Å². The van der Waals surface area contributed by atoms with E-state index in [2.05, 4.69) is 29.4 Å². The lowest BCUT2D eigenvalue weighted by atomic mass is 10.2. The van der Waals surface area contributed by atoms with Crippen LogP contribution in [0.3, 0.4) is 0 Å². The van der Waals surface area contributed by atoms with Crippen molar-refractivity contribution in [1.29, 1.82) is 0 Å². The third-order valence-electron chi connectivity index (χ3n) is 4.24. The quantitative estimate of drug-likeness (QED) is 0.698. The van der Waals surface area contributed by atoms with E-state index >= 15 is 0 Å². The molecule has 0 aromatic rings. The Labute approximate surface area is 117 Å². The van der Waals surface area contributed by atoms with Gasteiger partial charge in [-0.2, -0.15) is 0 Å². The summed E-state index contributed by atoms with van der Waals surface area (Å²) in [4.78, 5) is 14.4. The Kier molecular flexibility index (Phi) is 5.64. The highest BCUT2D eigenvalue weighted by Gasteiger charge is 2.27. The molecule has 1 saturated heterocycles. The maximum Gasteiger partial charge on any atom is 0.234 e. The largest absolute Gasteiger partial charge is 0.353 e. The van der Waals surface area contributed by atoms with E-state index in [-0.39, 0.29) is 5.91 Å². The smallest absolute Gasteiger partial charge is 0.234 e. The van der Waals surface area contributed by atoms with Crippen LogP contribution in [0.2, 0.25) is 0 Å². The van der Waals surface area contributed by atoms with Crippen LogP contribution in [0.25, 0.3) is 0 Å². The summed E-state index contributed by atoms with van der Waals surface area (Å²) in [7, 11) is 0. The molecule has 1 aliphatic heterocycles. The minimum Gasteiger partial charge on any atom is -0.353 e. The van der Waals surface area contributed by atoms with E-state index in [4.69, 9.17) is 0 Å². The lowest BCUT2D eigenvalue weighted by Gasteiger charge is -2.25. The molecule has 0 aromatic heterocycles. The first-order valence-electron chi connectivity index (χ1n) is 7.92. The third-order valence-corrected chi connectivity index (χ3v) is 4.24. The fraction of sp³-hybridized carbons (Fsp3) is 0.933. The molecule has 0 bridgehead atoms. The first-order chi connectivity index (χ1) is 9.17. The Balaban J connectivity index is 1.76. The van der Waals surface area contributed by atoms with Gasteiger partial charge < -0.3 is 10.6 Å². The monoisotopic (exact) mass is 267 g/mol. The summed E-state index contributed by atoms with van der Waals surface area (Å²) >= 11 is 0. The van der Waals surface area contributed by atoms with Crippen molar-refractivity contribution >= 4 is 5.91 Å². The zero-order valence-corrected chi connectivity index (χ0v) is 12.5. The van der Waals surface area contributed by atoms with Crippen LogP contribution in [0, 0.1) is 5.92 Å². The van der Waals surface area contributed by atoms with Crippen molar-refractivity contribution in [3.05, 3.63) is 0 Å². The molecule has 1 heterocycles. The summed E-state index contributed by atoms with van der Waals surface area (Å²) in [5.74, 6) is 1.03. The van der Waals surface area contributed by atoms with Gasteiger partial charge in [-0.15, -0.1) is 0 Å². The molecular weight excluding hydrogens is 238 g/mol. The van der Waals surface area contributed by atoms with E-state index < -0.39 is 0 Å². The topological polar surface area (TPSA) is 44.4 Å². The standard InChI is InChI=1S/C15H29N3O/c1-3-12(2)17-15(19)11-18(9-13-6-7-13)10-14-5-4-8-16-14/h12-14,16H,3-11H2,1-2H3,(H,17,19). The lowest BCUT2D eigenvalue weighted by Crippen LogP contribution is -2.45. The van der Waals surface area contributed by atoms with Crippen molar-refractivity contribution in [2.45, 2.75) is 58.0 Å². The molecule has 1 aliphatic carbocycles. The Morgan fingerprint density at radius 1 is 1.37 bits per heavy atom. The predicted molar refractivity (Wildman–Crippen MR) is 78.1 cm³/mol. The molecule has 1 saturated carbocycles. The summed E-state index contributed by atoms with van der Waals surface area (Å²) < 4.78 is 0. The fourth-order valence-electron chi connectivity index (χ4n) is 2.72. The zero-order valence-electron chi connectivity index (χ0n) is 12.5. The average molecular weight is 267 g/mol. The van der Waals surface area contributed by atoms with Crippen LogP contribution < -0.4 is 10.6 Å². The highest BCUT2D eigenvalue weighted by Crippen LogP contribution is 2.29. The molecule has 0 radical (unpaired) electrons. The van der Waals surface area contributed by atoms with Crippen LogP contribution in [0.5, 0.6) is 0 Å². The molecule has 0 aromatic carbocycles. The number of hydrogen-bond donors (Lipinski definition) is 2. The summed E-state index contributed by atoms with van der Waals surface area (Å²) in [6.45, 7) is 8.02. The number of nitrogens with zero attached hydrogens (tertiary/aromatic N) is 1. The first-order valence-corrected chi connectivity index (χ1v) is 7.92. The minimum atomic E-state index is 0.188. The van der Waals surface area contributed by atoms with E-state index in [1.54, 1.807) is 0 Å². The Bertz CT molecular complexity index is 285. The van der Waals surface area contributed by atoms with Crippen molar-refractivity contribution in [1.82, 2.24) is 15.5 Å². The SMILES string of the molecule is CCC(C)NC(=O)CN(CC1CC1)CC1CCCN1. The van der Waals surface area contributed by atoms with Gasteiger partial charge in [-0.3, -0.25) is 9.69 Å². The summed E-state index contributed by atoms with van der Waals surface area (Å²) in [5.41, 5.74) is 0. The van der Waals surface area contributed by atoms with Gasteiger partial charge in [0.25, 0.3) is 0 Å². The Morgan fingerprint density at radius 3 is 2.74 bits per heavy atom. The van der Waals surface area contributed by atoms with Crippen LogP contribution in [0.4, 0.5) is 0 Å². The zero-order chi connectivity index (χ0) is 13.7. The van der Waals surface area contributed by atoms with E-state index in [0.29, 0.717) is 18.6 Å². The molecule has 4 nitrogen and oxygen atoms in total. The number of carbonyl (C=O) groups excluding carboxylic acids is 1. The molecule has 2 rings (SSSR count). The second kappa shape index (κ2) is 7.25. The fourth-order valence-corrected chi connectivity index (χ4v) is 2.72. The minimum absolute atomic E-state index is 0.188. The Hall–Kier alpha value is -0.610. The first kappa shape index (κ1) is 14.8. The third kappa shape index (κ3) is 5.49. The molecular formula is C15H29N3O. The van der Waals surface area contributed by atoms with Crippen molar-refractivity contribution in [3.63, 3.8) is 0 Å². The summed E-state index contributed by atoms with van der Waals surface area (Å²) in [6.07, 6.45) is 6.23. The molecule has 0 spiro atoms. The lowest BCUT2D eigenvalue weighted by molar-refractivity contribution is -0.123. The van der Waals surface area contributed by atoms with Crippen LogP contribution in [0.1, 0.15) is 46.0 Å².